The van der Waals surface area contributed by atoms with E-state index in [0.717, 1.165) is 23.2 Å². The molecule has 1 aromatic carbocycles. The average Bonchev–Trinajstić information content (AvgIpc) is 2.53. The van der Waals surface area contributed by atoms with Crippen LogP contribution in [-0.4, -0.2) is 59.7 Å². The fraction of sp³-hybridized carbons (Fsp3) is 0.400. The molecule has 8 nitrogen and oxygen atoms in total. The third kappa shape index (κ3) is 4.66. The lowest BCUT2D eigenvalue weighted by Gasteiger charge is -2.30. The Balaban J connectivity index is 2.36. The van der Waals surface area contributed by atoms with Crippen LogP contribution in [0.2, 0.25) is 0 Å². The molecule has 0 spiro atoms. The Morgan fingerprint density at radius 3 is 2.28 bits per heavy atom. The van der Waals surface area contributed by atoms with Crippen LogP contribution in [0.5, 0.6) is 0 Å². The number of hydrogen-bond donors (Lipinski definition) is 0. The molecule has 2 rings (SSSR count). The van der Waals surface area contributed by atoms with E-state index in [1.807, 2.05) is 6.92 Å². The van der Waals surface area contributed by atoms with Gasteiger partial charge in [-0.3, -0.25) is 4.18 Å². The normalized spacial score (nSPS) is 19.3. The van der Waals surface area contributed by atoms with Crippen LogP contribution < -0.4 is 0 Å². The zero-order valence-electron chi connectivity index (χ0n) is 14.0. The van der Waals surface area contributed by atoms with Crippen LogP contribution in [0.1, 0.15) is 5.56 Å². The number of benzene rings is 1. The number of carbonyl (C=O) groups is 1. The molecule has 0 bridgehead atoms. The zero-order valence-corrected chi connectivity index (χ0v) is 15.6. The monoisotopic (exact) mass is 389 g/mol. The van der Waals surface area contributed by atoms with Gasteiger partial charge in [-0.1, -0.05) is 23.8 Å². The molecular formula is C15H19NO7S2. The molecule has 1 heterocycles. The number of sulfonamides is 1. The first kappa shape index (κ1) is 19.6. The molecule has 0 fully saturated rings. The molecule has 25 heavy (non-hydrogen) atoms. The van der Waals surface area contributed by atoms with Crippen LogP contribution in [0, 0.1) is 6.92 Å². The van der Waals surface area contributed by atoms with Crippen molar-refractivity contribution in [2.75, 3.05) is 26.5 Å². The highest BCUT2D eigenvalue weighted by Crippen LogP contribution is 2.24. The second kappa shape index (κ2) is 7.24. The van der Waals surface area contributed by atoms with Gasteiger partial charge in [-0.15, -0.1) is 0 Å². The fourth-order valence-corrected chi connectivity index (χ4v) is 4.34. The summed E-state index contributed by atoms with van der Waals surface area (Å²) in [5.74, 6) is -0.763. The molecule has 10 heteroatoms. The van der Waals surface area contributed by atoms with Crippen molar-refractivity contribution in [1.29, 1.82) is 0 Å². The van der Waals surface area contributed by atoms with Gasteiger partial charge in [0, 0.05) is 13.1 Å². The van der Waals surface area contributed by atoms with Crippen molar-refractivity contribution >= 4 is 26.1 Å². The van der Waals surface area contributed by atoms with Gasteiger partial charge in [-0.2, -0.15) is 12.7 Å². The summed E-state index contributed by atoms with van der Waals surface area (Å²) in [4.78, 5) is 11.9. The van der Waals surface area contributed by atoms with Crippen molar-refractivity contribution in [2.24, 2.45) is 0 Å². The Morgan fingerprint density at radius 2 is 1.76 bits per heavy atom. The van der Waals surface area contributed by atoms with E-state index in [9.17, 15) is 21.6 Å². The van der Waals surface area contributed by atoms with Crippen LogP contribution in [0.15, 0.2) is 40.8 Å². The smallest absolute Gasteiger partial charge is 0.336 e. The summed E-state index contributed by atoms with van der Waals surface area (Å²) in [6, 6.07) is 6.27. The highest BCUT2D eigenvalue weighted by atomic mass is 32.2. The summed E-state index contributed by atoms with van der Waals surface area (Å²) in [5.41, 5.74) is 0.882. The molecule has 138 valence electrons. The van der Waals surface area contributed by atoms with Crippen LogP contribution in [0.25, 0.3) is 0 Å². The number of nitrogens with zero attached hydrogens (tertiary/aromatic N) is 1. The van der Waals surface area contributed by atoms with Crippen LogP contribution in [0.4, 0.5) is 0 Å². The van der Waals surface area contributed by atoms with E-state index in [1.165, 1.54) is 18.2 Å². The van der Waals surface area contributed by atoms with E-state index in [1.54, 1.807) is 12.1 Å². The molecule has 1 unspecified atom stereocenters. The molecule has 1 aliphatic rings. The fourth-order valence-electron chi connectivity index (χ4n) is 2.37. The summed E-state index contributed by atoms with van der Waals surface area (Å²) in [7, 11) is -6.62. The van der Waals surface area contributed by atoms with Gasteiger partial charge in [0.15, 0.2) is 0 Å². The predicted octanol–water partition coefficient (Wildman–Crippen LogP) is 0.444. The van der Waals surface area contributed by atoms with Gasteiger partial charge in [0.2, 0.25) is 10.0 Å². The highest BCUT2D eigenvalue weighted by Gasteiger charge is 2.36. The highest BCUT2D eigenvalue weighted by molar-refractivity contribution is 7.89. The van der Waals surface area contributed by atoms with E-state index in [0.29, 0.717) is 0 Å². The van der Waals surface area contributed by atoms with Crippen LogP contribution >= 0.6 is 0 Å². The van der Waals surface area contributed by atoms with Crippen molar-refractivity contribution < 1.29 is 30.6 Å². The summed E-state index contributed by atoms with van der Waals surface area (Å²) in [6.07, 6.45) is 0.864. The van der Waals surface area contributed by atoms with Crippen molar-refractivity contribution in [1.82, 2.24) is 4.31 Å². The van der Waals surface area contributed by atoms with Gasteiger partial charge in [-0.05, 0) is 19.1 Å². The van der Waals surface area contributed by atoms with Gasteiger partial charge >= 0.3 is 5.97 Å². The minimum atomic E-state index is -3.91. The minimum absolute atomic E-state index is 0.0247. The summed E-state index contributed by atoms with van der Waals surface area (Å²) >= 11 is 0. The molecule has 1 atom stereocenters. The first-order valence-electron chi connectivity index (χ1n) is 7.28. The number of hydrogen-bond acceptors (Lipinski definition) is 7. The second-order valence-electron chi connectivity index (χ2n) is 5.58. The summed E-state index contributed by atoms with van der Waals surface area (Å²) in [5, 5.41) is 0. The molecule has 0 aromatic heterocycles. The number of methoxy groups -OCH3 is 1. The number of carbonyl (C=O) groups excluding carboxylic acids is 1. The van der Waals surface area contributed by atoms with Crippen LogP contribution in [-0.2, 0) is 33.9 Å². The molecule has 0 aliphatic carbocycles. The Morgan fingerprint density at radius 1 is 1.16 bits per heavy atom. The first-order chi connectivity index (χ1) is 11.5. The SMILES string of the molecule is COC(=O)C1=CCN(S(=O)(=O)c2ccc(C)cc2)CC1OS(C)(=O)=O. The van der Waals surface area contributed by atoms with Crippen molar-refractivity contribution in [2.45, 2.75) is 17.9 Å². The second-order valence-corrected chi connectivity index (χ2v) is 9.11. The maximum atomic E-state index is 12.7. The number of aryl methyl sites for hydroxylation is 1. The Kier molecular flexibility index (Phi) is 5.67. The van der Waals surface area contributed by atoms with E-state index in [4.69, 9.17) is 4.18 Å². The number of rotatable bonds is 5. The van der Waals surface area contributed by atoms with E-state index in [2.05, 4.69) is 4.74 Å². The molecule has 0 saturated heterocycles. The van der Waals surface area contributed by atoms with Gasteiger partial charge in [-0.25, -0.2) is 13.2 Å². The largest absolute Gasteiger partial charge is 0.466 e. The van der Waals surface area contributed by atoms with Crippen molar-refractivity contribution in [3.8, 4) is 0 Å². The molecule has 1 aliphatic heterocycles. The molecular weight excluding hydrogens is 370 g/mol. The predicted molar refractivity (Wildman–Crippen MR) is 89.8 cm³/mol. The summed E-state index contributed by atoms with van der Waals surface area (Å²) in [6.45, 7) is 1.42. The minimum Gasteiger partial charge on any atom is -0.466 e. The van der Waals surface area contributed by atoms with E-state index in [-0.39, 0.29) is 23.6 Å². The van der Waals surface area contributed by atoms with Gasteiger partial charge < -0.3 is 4.74 Å². The topological polar surface area (TPSA) is 107 Å². The molecule has 1 aromatic rings. The lowest BCUT2D eigenvalue weighted by atomic mass is 10.1. The molecule has 0 N–H and O–H groups in total. The van der Waals surface area contributed by atoms with Gasteiger partial charge in [0.05, 0.1) is 23.8 Å². The standard InChI is InChI=1S/C15H19NO7S2/c1-11-4-6-12(7-5-11)25(20,21)16-9-8-13(15(17)22-2)14(10-16)23-24(3,18)19/h4-8,14H,9-10H2,1-3H3. The maximum absolute atomic E-state index is 12.7. The third-order valence-electron chi connectivity index (χ3n) is 3.60. The van der Waals surface area contributed by atoms with Crippen LogP contribution in [0.3, 0.4) is 0 Å². The van der Waals surface area contributed by atoms with Crippen molar-refractivity contribution in [3.05, 3.63) is 41.5 Å². The van der Waals surface area contributed by atoms with Crippen molar-refractivity contribution in [3.63, 3.8) is 0 Å². The van der Waals surface area contributed by atoms with E-state index < -0.39 is 32.2 Å². The molecule has 0 radical (unpaired) electrons. The Labute approximate surface area is 147 Å². The third-order valence-corrected chi connectivity index (χ3v) is 6.03. The number of esters is 1. The molecule has 0 amide bonds. The first-order valence-corrected chi connectivity index (χ1v) is 10.5. The van der Waals surface area contributed by atoms with Gasteiger partial charge in [0.1, 0.15) is 6.10 Å². The Bertz CT molecular complexity index is 886. The zero-order chi connectivity index (χ0) is 18.8. The van der Waals surface area contributed by atoms with E-state index >= 15 is 0 Å². The average molecular weight is 389 g/mol. The number of ether oxygens (including phenoxy) is 1. The lowest BCUT2D eigenvalue weighted by molar-refractivity contribution is -0.137. The van der Waals surface area contributed by atoms with Gasteiger partial charge in [0.25, 0.3) is 10.1 Å². The lowest BCUT2D eigenvalue weighted by Crippen LogP contribution is -2.45. The molecule has 0 saturated carbocycles. The maximum Gasteiger partial charge on any atom is 0.336 e. The summed E-state index contributed by atoms with van der Waals surface area (Å²) < 4.78 is 58.9. The quantitative estimate of drug-likeness (QED) is 0.531. The Hall–Kier alpha value is -1.75.